The summed E-state index contributed by atoms with van der Waals surface area (Å²) in [6.45, 7) is 7.25. The highest BCUT2D eigenvalue weighted by atomic mass is 14.9. The van der Waals surface area contributed by atoms with Crippen LogP contribution >= 0.6 is 0 Å². The van der Waals surface area contributed by atoms with E-state index in [1.54, 1.807) is 0 Å². The van der Waals surface area contributed by atoms with E-state index in [2.05, 4.69) is 19.2 Å². The van der Waals surface area contributed by atoms with Crippen molar-refractivity contribution in [1.82, 2.24) is 5.32 Å². The molecule has 0 atom stereocenters. The molecule has 0 amide bonds. The van der Waals surface area contributed by atoms with E-state index in [9.17, 15) is 0 Å². The van der Waals surface area contributed by atoms with Crippen LogP contribution in [0.25, 0.3) is 0 Å². The van der Waals surface area contributed by atoms with Crippen molar-refractivity contribution < 1.29 is 0 Å². The van der Waals surface area contributed by atoms with Crippen LogP contribution in [0.3, 0.4) is 0 Å². The quantitative estimate of drug-likeness (QED) is 0.404. The summed E-state index contributed by atoms with van der Waals surface area (Å²) in [7, 11) is 0. The van der Waals surface area contributed by atoms with Crippen molar-refractivity contribution in [3.05, 3.63) is 0 Å². The Morgan fingerprint density at radius 2 is 1.25 bits per heavy atom. The average Bonchev–Trinajstić information content (AvgIpc) is 2.87. The Hall–Kier alpha value is -0.0400. The van der Waals surface area contributed by atoms with Gasteiger partial charge < -0.3 is 5.32 Å². The van der Waals surface area contributed by atoms with Gasteiger partial charge in [0.1, 0.15) is 0 Å². The minimum Gasteiger partial charge on any atom is -0.316 e. The fourth-order valence-corrected chi connectivity index (χ4v) is 3.53. The molecule has 1 fully saturated rings. The maximum Gasteiger partial charge on any atom is 0.000516 e. The molecule has 1 rings (SSSR count). The predicted molar refractivity (Wildman–Crippen MR) is 91.3 cm³/mol. The van der Waals surface area contributed by atoms with Gasteiger partial charge in [-0.1, -0.05) is 84.5 Å². The van der Waals surface area contributed by atoms with Gasteiger partial charge >= 0.3 is 0 Å². The summed E-state index contributed by atoms with van der Waals surface area (Å²) < 4.78 is 0. The fraction of sp³-hybridized carbons (Fsp3) is 1.00. The molecule has 0 spiro atoms. The second-order valence-electron chi connectivity index (χ2n) is 7.38. The van der Waals surface area contributed by atoms with Crippen molar-refractivity contribution in [2.45, 2.75) is 104 Å². The van der Waals surface area contributed by atoms with Crippen LogP contribution in [-0.4, -0.2) is 13.1 Å². The van der Waals surface area contributed by atoms with Gasteiger partial charge in [-0.2, -0.15) is 0 Å². The lowest BCUT2D eigenvalue weighted by Crippen LogP contribution is -2.30. The van der Waals surface area contributed by atoms with Crippen LogP contribution < -0.4 is 5.32 Å². The van der Waals surface area contributed by atoms with Crippen LogP contribution in [-0.2, 0) is 0 Å². The van der Waals surface area contributed by atoms with E-state index in [4.69, 9.17) is 0 Å². The van der Waals surface area contributed by atoms with E-state index in [1.165, 1.54) is 103 Å². The first-order chi connectivity index (χ1) is 9.77. The van der Waals surface area contributed by atoms with Crippen LogP contribution in [0.4, 0.5) is 0 Å². The van der Waals surface area contributed by atoms with Gasteiger partial charge in [-0.25, -0.2) is 0 Å². The van der Waals surface area contributed by atoms with Gasteiger partial charge in [-0.05, 0) is 31.2 Å². The molecular formula is C19H39N. The number of hydrogen-bond acceptors (Lipinski definition) is 1. The summed E-state index contributed by atoms with van der Waals surface area (Å²) in [5.41, 5.74) is 0.624. The first-order valence-corrected chi connectivity index (χ1v) is 9.47. The Kier molecular flexibility index (Phi) is 10.4. The third kappa shape index (κ3) is 9.00. The Labute approximate surface area is 128 Å². The number of hydrogen-bond donors (Lipinski definition) is 1. The summed E-state index contributed by atoms with van der Waals surface area (Å²) in [6, 6.07) is 0. The molecule has 0 aromatic rings. The van der Waals surface area contributed by atoms with Crippen molar-refractivity contribution in [1.29, 1.82) is 0 Å². The zero-order valence-corrected chi connectivity index (χ0v) is 14.3. The lowest BCUT2D eigenvalue weighted by molar-refractivity contribution is 0.314. The van der Waals surface area contributed by atoms with E-state index in [0.717, 1.165) is 0 Å². The molecule has 20 heavy (non-hydrogen) atoms. The Bertz CT molecular complexity index is 206. The lowest BCUT2D eigenvalue weighted by atomic mass is 9.89. The smallest absolute Gasteiger partial charge is 0.000516 e. The molecule has 0 aliphatic heterocycles. The van der Waals surface area contributed by atoms with E-state index in [0.29, 0.717) is 5.41 Å². The van der Waals surface area contributed by atoms with Gasteiger partial charge in [0, 0.05) is 6.54 Å². The van der Waals surface area contributed by atoms with Gasteiger partial charge in [-0.15, -0.1) is 0 Å². The maximum absolute atomic E-state index is 3.69. The van der Waals surface area contributed by atoms with Crippen molar-refractivity contribution >= 4 is 0 Å². The van der Waals surface area contributed by atoms with Crippen molar-refractivity contribution in [3.8, 4) is 0 Å². The van der Waals surface area contributed by atoms with Gasteiger partial charge in [-0.3, -0.25) is 0 Å². The number of rotatable bonds is 13. The van der Waals surface area contributed by atoms with Gasteiger partial charge in [0.05, 0.1) is 0 Å². The van der Waals surface area contributed by atoms with Crippen LogP contribution in [0.1, 0.15) is 104 Å². The Balaban J connectivity index is 1.74. The van der Waals surface area contributed by atoms with Gasteiger partial charge in [0.2, 0.25) is 0 Å². The van der Waals surface area contributed by atoms with E-state index in [1.807, 2.05) is 0 Å². The standard InChI is InChI=1S/C19H39N/c1-3-4-5-6-7-8-9-10-11-14-17-20-18-19(2)15-12-13-16-19/h20H,3-18H2,1-2H3. The van der Waals surface area contributed by atoms with Crippen molar-refractivity contribution in [3.63, 3.8) is 0 Å². The summed E-state index contributed by atoms with van der Waals surface area (Å²) in [6.07, 6.45) is 20.2. The molecule has 1 N–H and O–H groups in total. The van der Waals surface area contributed by atoms with Crippen molar-refractivity contribution in [2.24, 2.45) is 5.41 Å². The molecule has 120 valence electrons. The summed E-state index contributed by atoms with van der Waals surface area (Å²) >= 11 is 0. The topological polar surface area (TPSA) is 12.0 Å². The molecule has 1 aliphatic carbocycles. The molecule has 0 bridgehead atoms. The monoisotopic (exact) mass is 281 g/mol. The largest absolute Gasteiger partial charge is 0.316 e. The molecule has 1 nitrogen and oxygen atoms in total. The molecule has 0 radical (unpaired) electrons. The first kappa shape index (κ1) is 18.0. The molecule has 1 saturated carbocycles. The minimum absolute atomic E-state index is 0.624. The molecular weight excluding hydrogens is 242 g/mol. The number of nitrogens with one attached hydrogen (secondary N) is 1. The molecule has 0 aromatic heterocycles. The Morgan fingerprint density at radius 3 is 1.80 bits per heavy atom. The summed E-state index contributed by atoms with van der Waals surface area (Å²) in [4.78, 5) is 0. The van der Waals surface area contributed by atoms with Crippen LogP contribution in [0.2, 0.25) is 0 Å². The molecule has 0 heterocycles. The van der Waals surface area contributed by atoms with E-state index >= 15 is 0 Å². The minimum atomic E-state index is 0.624. The predicted octanol–water partition coefficient (Wildman–Crippen LogP) is 6.08. The second kappa shape index (κ2) is 11.6. The molecule has 1 aliphatic rings. The zero-order chi connectivity index (χ0) is 14.5. The SMILES string of the molecule is CCCCCCCCCCCCNCC1(C)CCCC1. The van der Waals surface area contributed by atoms with Crippen LogP contribution in [0, 0.1) is 5.41 Å². The normalized spacial score (nSPS) is 17.7. The highest BCUT2D eigenvalue weighted by Gasteiger charge is 2.27. The van der Waals surface area contributed by atoms with Crippen LogP contribution in [0.5, 0.6) is 0 Å². The zero-order valence-electron chi connectivity index (χ0n) is 14.3. The summed E-state index contributed by atoms with van der Waals surface area (Å²) in [5.74, 6) is 0. The van der Waals surface area contributed by atoms with E-state index < -0.39 is 0 Å². The van der Waals surface area contributed by atoms with Crippen LogP contribution in [0.15, 0.2) is 0 Å². The molecule has 0 aromatic carbocycles. The fourth-order valence-electron chi connectivity index (χ4n) is 3.53. The van der Waals surface area contributed by atoms with Gasteiger partial charge in [0.25, 0.3) is 0 Å². The second-order valence-corrected chi connectivity index (χ2v) is 7.38. The molecule has 0 unspecified atom stereocenters. The molecule has 0 saturated heterocycles. The Morgan fingerprint density at radius 1 is 0.750 bits per heavy atom. The van der Waals surface area contributed by atoms with E-state index in [-0.39, 0.29) is 0 Å². The number of unbranched alkanes of at least 4 members (excludes halogenated alkanes) is 9. The highest BCUT2D eigenvalue weighted by molar-refractivity contribution is 4.82. The highest BCUT2D eigenvalue weighted by Crippen LogP contribution is 2.36. The average molecular weight is 282 g/mol. The first-order valence-electron chi connectivity index (χ1n) is 9.47. The summed E-state index contributed by atoms with van der Waals surface area (Å²) in [5, 5.41) is 3.69. The van der Waals surface area contributed by atoms with Crippen molar-refractivity contribution in [2.75, 3.05) is 13.1 Å². The third-order valence-electron chi connectivity index (χ3n) is 5.07. The third-order valence-corrected chi connectivity index (χ3v) is 5.07. The lowest BCUT2D eigenvalue weighted by Gasteiger charge is -2.23. The van der Waals surface area contributed by atoms with Gasteiger partial charge in [0.15, 0.2) is 0 Å². The molecule has 1 heteroatoms. The maximum atomic E-state index is 3.69.